The van der Waals surface area contributed by atoms with Gasteiger partial charge < -0.3 is 14.4 Å². The second kappa shape index (κ2) is 6.25. The van der Waals surface area contributed by atoms with Crippen LogP contribution in [0.2, 0.25) is 0 Å². The molecule has 2 fully saturated rings. The molecule has 2 rings (SSSR count). The maximum absolute atomic E-state index is 12.1. The van der Waals surface area contributed by atoms with E-state index in [1.165, 1.54) is 0 Å². The minimum absolute atomic E-state index is 0.0274. The first-order valence-corrected chi connectivity index (χ1v) is 8.28. The first kappa shape index (κ1) is 16.8. The zero-order chi connectivity index (χ0) is 15.7. The first-order valence-electron chi connectivity index (χ1n) is 8.28. The standard InChI is InChI=1S/C17H31NO3/c1-16(2,3)21-15(19)13-7-10-18(11-8-13)12-14-6-9-17(4,5)20-14/h13-14H,6-12H2,1-5H3/t14-/m1/s1. The molecular weight excluding hydrogens is 266 g/mol. The average Bonchev–Trinajstić information content (AvgIpc) is 2.67. The molecule has 4 heteroatoms. The number of rotatable bonds is 3. The highest BCUT2D eigenvalue weighted by atomic mass is 16.6. The van der Waals surface area contributed by atoms with Crippen LogP contribution in [0, 0.1) is 5.92 Å². The Bertz CT molecular complexity index is 365. The number of piperidine rings is 1. The predicted molar refractivity (Wildman–Crippen MR) is 83.2 cm³/mol. The summed E-state index contributed by atoms with van der Waals surface area (Å²) in [5.41, 5.74) is -0.336. The molecule has 0 aromatic carbocycles. The van der Waals surface area contributed by atoms with E-state index in [0.717, 1.165) is 45.3 Å². The van der Waals surface area contributed by atoms with Crippen molar-refractivity contribution in [1.82, 2.24) is 4.90 Å². The van der Waals surface area contributed by atoms with Gasteiger partial charge in [-0.05, 0) is 73.4 Å². The zero-order valence-corrected chi connectivity index (χ0v) is 14.3. The van der Waals surface area contributed by atoms with Crippen LogP contribution in [0.15, 0.2) is 0 Å². The molecule has 4 nitrogen and oxygen atoms in total. The Labute approximate surface area is 129 Å². The van der Waals surface area contributed by atoms with Gasteiger partial charge in [-0.1, -0.05) is 0 Å². The van der Waals surface area contributed by atoms with Gasteiger partial charge in [0.1, 0.15) is 5.60 Å². The van der Waals surface area contributed by atoms with Crippen LogP contribution in [0.5, 0.6) is 0 Å². The third-order valence-electron chi connectivity index (χ3n) is 4.34. The van der Waals surface area contributed by atoms with Gasteiger partial charge in [-0.2, -0.15) is 0 Å². The van der Waals surface area contributed by atoms with Gasteiger partial charge in [-0.3, -0.25) is 4.79 Å². The Hall–Kier alpha value is -0.610. The topological polar surface area (TPSA) is 38.8 Å². The SMILES string of the molecule is CC(C)(C)OC(=O)C1CCN(C[C@H]2CCC(C)(C)O2)CC1. The first-order chi connectivity index (χ1) is 9.65. The van der Waals surface area contributed by atoms with Crippen LogP contribution in [0.1, 0.15) is 60.3 Å². The number of hydrogen-bond donors (Lipinski definition) is 0. The van der Waals surface area contributed by atoms with Crippen LogP contribution < -0.4 is 0 Å². The number of hydrogen-bond acceptors (Lipinski definition) is 4. The molecule has 2 saturated heterocycles. The van der Waals surface area contributed by atoms with Gasteiger partial charge in [-0.25, -0.2) is 0 Å². The molecule has 0 radical (unpaired) electrons. The number of esters is 1. The second-order valence-electron chi connectivity index (χ2n) is 8.15. The minimum atomic E-state index is -0.377. The number of likely N-dealkylation sites (tertiary alicyclic amines) is 1. The number of nitrogens with zero attached hydrogens (tertiary/aromatic N) is 1. The summed E-state index contributed by atoms with van der Waals surface area (Å²) in [6.45, 7) is 13.1. The Morgan fingerprint density at radius 3 is 2.33 bits per heavy atom. The highest BCUT2D eigenvalue weighted by Crippen LogP contribution is 2.30. The van der Waals surface area contributed by atoms with Crippen LogP contribution in [0.4, 0.5) is 0 Å². The molecule has 122 valence electrons. The van der Waals surface area contributed by atoms with Gasteiger partial charge in [0.25, 0.3) is 0 Å². The van der Waals surface area contributed by atoms with Crippen molar-refractivity contribution in [3.05, 3.63) is 0 Å². The lowest BCUT2D eigenvalue weighted by Gasteiger charge is -2.34. The summed E-state index contributed by atoms with van der Waals surface area (Å²) in [6.07, 6.45) is 4.47. The third kappa shape index (κ3) is 5.26. The van der Waals surface area contributed by atoms with Crippen LogP contribution in [0.25, 0.3) is 0 Å². The maximum atomic E-state index is 12.1. The summed E-state index contributed by atoms with van der Waals surface area (Å²) in [6, 6.07) is 0. The van der Waals surface area contributed by atoms with E-state index in [4.69, 9.17) is 9.47 Å². The van der Waals surface area contributed by atoms with E-state index in [1.807, 2.05) is 20.8 Å². The van der Waals surface area contributed by atoms with E-state index in [2.05, 4.69) is 18.7 Å². The molecule has 21 heavy (non-hydrogen) atoms. The summed E-state index contributed by atoms with van der Waals surface area (Å²) in [5.74, 6) is 0.0433. The number of carbonyl (C=O) groups is 1. The molecule has 0 amide bonds. The molecule has 0 aliphatic carbocycles. The minimum Gasteiger partial charge on any atom is -0.460 e. The largest absolute Gasteiger partial charge is 0.460 e. The highest BCUT2D eigenvalue weighted by Gasteiger charge is 2.34. The Morgan fingerprint density at radius 1 is 1.24 bits per heavy atom. The van der Waals surface area contributed by atoms with Crippen molar-refractivity contribution in [3.63, 3.8) is 0 Å². The van der Waals surface area contributed by atoms with Gasteiger partial charge >= 0.3 is 5.97 Å². The van der Waals surface area contributed by atoms with Gasteiger partial charge in [0.15, 0.2) is 0 Å². The van der Waals surface area contributed by atoms with Crippen LogP contribution in [-0.2, 0) is 14.3 Å². The van der Waals surface area contributed by atoms with Crippen LogP contribution in [-0.4, -0.2) is 47.8 Å². The van der Waals surface area contributed by atoms with E-state index in [0.29, 0.717) is 6.10 Å². The van der Waals surface area contributed by atoms with E-state index in [1.54, 1.807) is 0 Å². The van der Waals surface area contributed by atoms with Gasteiger partial charge in [0.2, 0.25) is 0 Å². The van der Waals surface area contributed by atoms with Crippen LogP contribution >= 0.6 is 0 Å². The summed E-state index contributed by atoms with van der Waals surface area (Å²) in [4.78, 5) is 14.5. The van der Waals surface area contributed by atoms with Crippen molar-refractivity contribution in [1.29, 1.82) is 0 Å². The molecule has 0 bridgehead atoms. The number of carbonyl (C=O) groups excluding carboxylic acids is 1. The van der Waals surface area contributed by atoms with E-state index in [-0.39, 0.29) is 23.1 Å². The average molecular weight is 297 g/mol. The molecule has 0 aromatic rings. The fourth-order valence-corrected chi connectivity index (χ4v) is 3.23. The van der Waals surface area contributed by atoms with Crippen LogP contribution in [0.3, 0.4) is 0 Å². The maximum Gasteiger partial charge on any atom is 0.309 e. The van der Waals surface area contributed by atoms with Crippen molar-refractivity contribution >= 4 is 5.97 Å². The predicted octanol–water partition coefficient (Wildman–Crippen LogP) is 3.00. The molecule has 0 saturated carbocycles. The normalized spacial score (nSPS) is 27.8. The smallest absolute Gasteiger partial charge is 0.309 e. The summed E-state index contributed by atoms with van der Waals surface area (Å²) in [5, 5.41) is 0. The monoisotopic (exact) mass is 297 g/mol. The summed E-state index contributed by atoms with van der Waals surface area (Å²) < 4.78 is 11.5. The van der Waals surface area contributed by atoms with Gasteiger partial charge in [0.05, 0.1) is 17.6 Å². The van der Waals surface area contributed by atoms with Crippen molar-refractivity contribution in [3.8, 4) is 0 Å². The molecule has 1 atom stereocenters. The lowest BCUT2D eigenvalue weighted by molar-refractivity contribution is -0.161. The van der Waals surface area contributed by atoms with Crippen molar-refractivity contribution < 1.29 is 14.3 Å². The molecule has 2 aliphatic rings. The fraction of sp³-hybridized carbons (Fsp3) is 0.941. The van der Waals surface area contributed by atoms with Gasteiger partial charge in [-0.15, -0.1) is 0 Å². The zero-order valence-electron chi connectivity index (χ0n) is 14.3. The Kier molecular flexibility index (Phi) is 4.99. The Balaban J connectivity index is 1.72. The van der Waals surface area contributed by atoms with E-state index < -0.39 is 0 Å². The van der Waals surface area contributed by atoms with Crippen molar-refractivity contribution in [2.75, 3.05) is 19.6 Å². The van der Waals surface area contributed by atoms with E-state index in [9.17, 15) is 4.79 Å². The fourth-order valence-electron chi connectivity index (χ4n) is 3.23. The highest BCUT2D eigenvalue weighted by molar-refractivity contribution is 5.73. The Morgan fingerprint density at radius 2 is 1.86 bits per heavy atom. The summed E-state index contributed by atoms with van der Waals surface area (Å²) in [7, 11) is 0. The number of ether oxygens (including phenoxy) is 2. The second-order valence-corrected chi connectivity index (χ2v) is 8.15. The molecule has 0 spiro atoms. The van der Waals surface area contributed by atoms with Gasteiger partial charge in [0, 0.05) is 6.54 Å². The molecule has 2 aliphatic heterocycles. The lowest BCUT2D eigenvalue weighted by Crippen LogP contribution is -2.42. The molecular formula is C17H31NO3. The summed E-state index contributed by atoms with van der Waals surface area (Å²) >= 11 is 0. The van der Waals surface area contributed by atoms with E-state index >= 15 is 0 Å². The lowest BCUT2D eigenvalue weighted by atomic mass is 9.96. The molecule has 0 unspecified atom stereocenters. The van der Waals surface area contributed by atoms with Crippen molar-refractivity contribution in [2.24, 2.45) is 5.92 Å². The molecule has 0 aromatic heterocycles. The van der Waals surface area contributed by atoms with Crippen molar-refractivity contribution in [2.45, 2.75) is 77.6 Å². The molecule has 0 N–H and O–H groups in total. The quantitative estimate of drug-likeness (QED) is 0.751. The third-order valence-corrected chi connectivity index (χ3v) is 4.34. The molecule has 2 heterocycles.